The number of amides is 3. The normalized spacial score (nSPS) is 17.4. The van der Waals surface area contributed by atoms with Gasteiger partial charge in [-0.25, -0.2) is 19.2 Å². The molecule has 0 atom stereocenters. The first-order chi connectivity index (χ1) is 13.6. The van der Waals surface area contributed by atoms with Gasteiger partial charge in [0.2, 0.25) is 5.91 Å². The quantitative estimate of drug-likeness (QED) is 0.792. The molecule has 1 aromatic carbocycles. The molecule has 0 N–H and O–H groups in total. The SMILES string of the molecule is O=C(CN1CCN(c2ccc(F)cc2)C1=O)N1CCN(c2ccncn2)CC1. The van der Waals surface area contributed by atoms with E-state index in [0.717, 1.165) is 5.82 Å². The van der Waals surface area contributed by atoms with Crippen LogP contribution in [0.5, 0.6) is 0 Å². The molecule has 9 heteroatoms. The van der Waals surface area contributed by atoms with Gasteiger partial charge < -0.3 is 14.7 Å². The molecule has 0 saturated carbocycles. The maximum Gasteiger partial charge on any atom is 0.325 e. The van der Waals surface area contributed by atoms with Gasteiger partial charge in [0.05, 0.1) is 0 Å². The van der Waals surface area contributed by atoms with Crippen molar-refractivity contribution in [2.75, 3.05) is 55.6 Å². The number of aromatic nitrogens is 2. The Hall–Kier alpha value is -3.23. The smallest absolute Gasteiger partial charge is 0.325 e. The third-order valence-corrected chi connectivity index (χ3v) is 5.08. The largest absolute Gasteiger partial charge is 0.353 e. The summed E-state index contributed by atoms with van der Waals surface area (Å²) in [4.78, 5) is 40.4. The minimum atomic E-state index is -0.344. The number of piperazine rings is 1. The first kappa shape index (κ1) is 18.1. The van der Waals surface area contributed by atoms with E-state index in [4.69, 9.17) is 0 Å². The average Bonchev–Trinajstić information content (AvgIpc) is 3.09. The molecule has 2 aromatic rings. The van der Waals surface area contributed by atoms with Gasteiger partial charge in [-0.15, -0.1) is 0 Å². The number of benzene rings is 1. The zero-order valence-electron chi connectivity index (χ0n) is 15.4. The lowest BCUT2D eigenvalue weighted by Gasteiger charge is -2.36. The van der Waals surface area contributed by atoms with Crippen molar-refractivity contribution in [1.82, 2.24) is 19.8 Å². The predicted octanol–water partition coefficient (Wildman–Crippen LogP) is 1.21. The van der Waals surface area contributed by atoms with E-state index in [0.29, 0.717) is 45.0 Å². The van der Waals surface area contributed by atoms with E-state index in [1.54, 1.807) is 33.0 Å². The number of urea groups is 1. The molecule has 28 heavy (non-hydrogen) atoms. The number of halogens is 1. The maximum atomic E-state index is 13.1. The van der Waals surface area contributed by atoms with Gasteiger partial charge in [-0.2, -0.15) is 0 Å². The molecule has 0 bridgehead atoms. The molecular weight excluding hydrogens is 363 g/mol. The highest BCUT2D eigenvalue weighted by Gasteiger charge is 2.32. The van der Waals surface area contributed by atoms with E-state index in [9.17, 15) is 14.0 Å². The van der Waals surface area contributed by atoms with E-state index in [1.165, 1.54) is 18.5 Å². The summed E-state index contributed by atoms with van der Waals surface area (Å²) >= 11 is 0. The number of nitrogens with zero attached hydrogens (tertiary/aromatic N) is 6. The summed E-state index contributed by atoms with van der Waals surface area (Å²) in [6, 6.07) is 7.43. The van der Waals surface area contributed by atoms with E-state index >= 15 is 0 Å². The fraction of sp³-hybridized carbons (Fsp3) is 0.368. The molecule has 0 unspecified atom stereocenters. The van der Waals surface area contributed by atoms with Crippen molar-refractivity contribution < 1.29 is 14.0 Å². The summed E-state index contributed by atoms with van der Waals surface area (Å²) in [5, 5.41) is 0. The third-order valence-electron chi connectivity index (χ3n) is 5.08. The summed E-state index contributed by atoms with van der Waals surface area (Å²) in [6.45, 7) is 3.59. The fourth-order valence-electron chi connectivity index (χ4n) is 3.51. The minimum absolute atomic E-state index is 0.0587. The highest BCUT2D eigenvalue weighted by atomic mass is 19.1. The van der Waals surface area contributed by atoms with E-state index < -0.39 is 0 Å². The van der Waals surface area contributed by atoms with E-state index in [1.807, 2.05) is 6.07 Å². The fourth-order valence-corrected chi connectivity index (χ4v) is 3.51. The van der Waals surface area contributed by atoms with Crippen LogP contribution in [0, 0.1) is 5.82 Å². The van der Waals surface area contributed by atoms with Crippen molar-refractivity contribution in [2.45, 2.75) is 0 Å². The van der Waals surface area contributed by atoms with Gasteiger partial charge in [0.25, 0.3) is 0 Å². The molecule has 2 aliphatic heterocycles. The number of hydrogen-bond donors (Lipinski definition) is 0. The molecule has 3 heterocycles. The maximum absolute atomic E-state index is 13.1. The van der Waals surface area contributed by atoms with Gasteiger partial charge in [-0.05, 0) is 30.3 Å². The number of hydrogen-bond acceptors (Lipinski definition) is 5. The van der Waals surface area contributed by atoms with Crippen molar-refractivity contribution in [3.05, 3.63) is 48.7 Å². The van der Waals surface area contributed by atoms with Crippen LogP contribution in [0.4, 0.5) is 20.7 Å². The zero-order chi connectivity index (χ0) is 19.5. The molecule has 2 fully saturated rings. The van der Waals surface area contributed by atoms with E-state index in [-0.39, 0.29) is 24.3 Å². The average molecular weight is 384 g/mol. The number of carbonyl (C=O) groups excluding carboxylic acids is 2. The van der Waals surface area contributed by atoms with Crippen molar-refractivity contribution >= 4 is 23.4 Å². The lowest BCUT2D eigenvalue weighted by molar-refractivity contribution is -0.131. The zero-order valence-corrected chi connectivity index (χ0v) is 15.4. The standard InChI is InChI=1S/C19H21FN6O2/c20-15-1-3-16(4-2-15)26-12-11-25(19(26)28)13-18(27)24-9-7-23(8-10-24)17-5-6-21-14-22-17/h1-6,14H,7-13H2. The molecule has 2 aliphatic rings. The molecule has 4 rings (SSSR count). The van der Waals surface area contributed by atoms with E-state index in [2.05, 4.69) is 14.9 Å². The second-order valence-corrected chi connectivity index (χ2v) is 6.77. The van der Waals surface area contributed by atoms with Gasteiger partial charge in [0.15, 0.2) is 0 Å². The molecule has 3 amide bonds. The Morgan fingerprint density at radius 1 is 1.00 bits per heavy atom. The van der Waals surface area contributed by atoms with Crippen molar-refractivity contribution in [2.24, 2.45) is 0 Å². The molecule has 146 valence electrons. The molecule has 0 radical (unpaired) electrons. The van der Waals surface area contributed by atoms with Crippen LogP contribution < -0.4 is 9.80 Å². The summed E-state index contributed by atoms with van der Waals surface area (Å²) in [7, 11) is 0. The van der Waals surface area contributed by atoms with Gasteiger partial charge in [0.1, 0.15) is 24.5 Å². The molecule has 1 aromatic heterocycles. The second-order valence-electron chi connectivity index (χ2n) is 6.77. The lowest BCUT2D eigenvalue weighted by atomic mass is 10.3. The topological polar surface area (TPSA) is 72.9 Å². The van der Waals surface area contributed by atoms with Crippen LogP contribution in [-0.2, 0) is 4.79 Å². The van der Waals surface area contributed by atoms with Crippen molar-refractivity contribution in [3.63, 3.8) is 0 Å². The summed E-state index contributed by atoms with van der Waals surface area (Å²) < 4.78 is 13.1. The summed E-state index contributed by atoms with van der Waals surface area (Å²) in [6.07, 6.45) is 3.21. The van der Waals surface area contributed by atoms with Gasteiger partial charge in [-0.3, -0.25) is 9.69 Å². The van der Waals surface area contributed by atoms with Gasteiger partial charge in [0, 0.05) is 51.2 Å². The van der Waals surface area contributed by atoms with Gasteiger partial charge in [-0.1, -0.05) is 0 Å². The Bertz CT molecular complexity index is 839. The van der Waals surface area contributed by atoms with Crippen molar-refractivity contribution in [3.8, 4) is 0 Å². The van der Waals surface area contributed by atoms with Crippen LogP contribution in [0.3, 0.4) is 0 Å². The molecule has 0 aliphatic carbocycles. The Balaban J connectivity index is 1.31. The molecule has 2 saturated heterocycles. The predicted molar refractivity (Wildman–Crippen MR) is 102 cm³/mol. The Kier molecular flexibility index (Phi) is 5.05. The molecular formula is C19H21FN6O2. The first-order valence-electron chi connectivity index (χ1n) is 9.22. The number of anilines is 2. The van der Waals surface area contributed by atoms with Crippen LogP contribution in [0.2, 0.25) is 0 Å². The van der Waals surface area contributed by atoms with Crippen LogP contribution >= 0.6 is 0 Å². The summed E-state index contributed by atoms with van der Waals surface area (Å²) in [5.74, 6) is 0.451. The molecule has 0 spiro atoms. The summed E-state index contributed by atoms with van der Waals surface area (Å²) in [5.41, 5.74) is 0.639. The Morgan fingerprint density at radius 3 is 2.43 bits per heavy atom. The minimum Gasteiger partial charge on any atom is -0.353 e. The van der Waals surface area contributed by atoms with Gasteiger partial charge >= 0.3 is 6.03 Å². The van der Waals surface area contributed by atoms with Crippen LogP contribution in [0.15, 0.2) is 42.9 Å². The third kappa shape index (κ3) is 3.73. The Labute approximate surface area is 162 Å². The van der Waals surface area contributed by atoms with Crippen LogP contribution in [-0.4, -0.2) is 77.5 Å². The Morgan fingerprint density at radius 2 is 1.75 bits per heavy atom. The molecule has 8 nitrogen and oxygen atoms in total. The highest BCUT2D eigenvalue weighted by molar-refractivity contribution is 5.96. The highest BCUT2D eigenvalue weighted by Crippen LogP contribution is 2.21. The van der Waals surface area contributed by atoms with Crippen LogP contribution in [0.1, 0.15) is 0 Å². The van der Waals surface area contributed by atoms with Crippen molar-refractivity contribution in [1.29, 1.82) is 0 Å². The monoisotopic (exact) mass is 384 g/mol. The lowest BCUT2D eigenvalue weighted by Crippen LogP contribution is -2.51. The van der Waals surface area contributed by atoms with Crippen LogP contribution in [0.25, 0.3) is 0 Å². The second kappa shape index (κ2) is 7.79. The first-order valence-corrected chi connectivity index (χ1v) is 9.22. The number of carbonyl (C=O) groups is 2. The number of rotatable bonds is 4.